The highest BCUT2D eigenvalue weighted by Gasteiger charge is 2.43. The van der Waals surface area contributed by atoms with E-state index in [1.165, 1.54) is 11.4 Å². The lowest BCUT2D eigenvalue weighted by atomic mass is 10.1. The van der Waals surface area contributed by atoms with E-state index in [9.17, 15) is 13.2 Å². The number of ether oxygens (including phenoxy) is 1. The Balaban J connectivity index is 2.24. The lowest BCUT2D eigenvalue weighted by molar-refractivity contribution is -0.142. The monoisotopic (exact) mass is 354 g/mol. The predicted molar refractivity (Wildman–Crippen MR) is 92.9 cm³/mol. The molecule has 7 heteroatoms. The molecular weight excluding hydrogens is 328 g/mol. The zero-order valence-electron chi connectivity index (χ0n) is 14.7. The molecular formula is C17H26N2O4S. The number of hydrogen-bond donors (Lipinski definition) is 1. The van der Waals surface area contributed by atoms with Gasteiger partial charge in [-0.05, 0) is 32.8 Å². The molecule has 0 saturated carbocycles. The van der Waals surface area contributed by atoms with E-state index in [1.807, 2.05) is 51.1 Å². The Kier molecular flexibility index (Phi) is 5.67. The van der Waals surface area contributed by atoms with Crippen molar-refractivity contribution < 1.29 is 17.9 Å². The molecule has 0 radical (unpaired) electrons. The number of benzene rings is 1. The van der Waals surface area contributed by atoms with Gasteiger partial charge in [-0.25, -0.2) is 8.42 Å². The van der Waals surface area contributed by atoms with Gasteiger partial charge in [0.15, 0.2) is 0 Å². The van der Waals surface area contributed by atoms with Crippen molar-refractivity contribution in [3.63, 3.8) is 0 Å². The summed E-state index contributed by atoms with van der Waals surface area (Å²) in [4.78, 5) is 11.7. The molecule has 2 atom stereocenters. The number of carbonyl (C=O) groups excluding carboxylic acids is 1. The van der Waals surface area contributed by atoms with Gasteiger partial charge in [0.2, 0.25) is 10.0 Å². The van der Waals surface area contributed by atoms with E-state index in [1.54, 1.807) is 0 Å². The second-order valence-corrected chi connectivity index (χ2v) is 9.19. The molecule has 6 nitrogen and oxygen atoms in total. The molecule has 1 aromatic rings. The number of carbonyl (C=O) groups is 1. The molecule has 0 spiro atoms. The minimum Gasteiger partial charge on any atom is -0.468 e. The average molecular weight is 354 g/mol. The first-order valence-corrected chi connectivity index (χ1v) is 9.53. The van der Waals surface area contributed by atoms with E-state index >= 15 is 0 Å². The molecule has 2 rings (SSSR count). The summed E-state index contributed by atoms with van der Waals surface area (Å²) in [5, 5.41) is 2.32. The highest BCUT2D eigenvalue weighted by Crippen LogP contribution is 2.28. The molecule has 1 N–H and O–H groups in total. The predicted octanol–water partition coefficient (Wildman–Crippen LogP) is 1.52. The van der Waals surface area contributed by atoms with Crippen molar-refractivity contribution in [2.24, 2.45) is 0 Å². The number of sulfonamides is 1. The van der Waals surface area contributed by atoms with Crippen molar-refractivity contribution in [1.29, 1.82) is 0 Å². The molecule has 24 heavy (non-hydrogen) atoms. The SMILES string of the molecule is COC(=O)C1CC(S(=O)(=O)N(Cc2ccccc2)C(C)(C)C)CN1. The highest BCUT2D eigenvalue weighted by atomic mass is 32.2. The van der Waals surface area contributed by atoms with E-state index < -0.39 is 32.8 Å². The number of esters is 1. The minimum atomic E-state index is -3.57. The standard InChI is InChI=1S/C17H26N2O4S/c1-17(2,3)19(12-13-8-6-5-7-9-13)24(21,22)14-10-15(18-11-14)16(20)23-4/h5-9,14-15,18H,10-12H2,1-4H3. The van der Waals surface area contributed by atoms with E-state index in [2.05, 4.69) is 5.32 Å². The van der Waals surface area contributed by atoms with Crippen LogP contribution in [-0.4, -0.2) is 49.2 Å². The maximum absolute atomic E-state index is 13.2. The fraction of sp³-hybridized carbons (Fsp3) is 0.588. The van der Waals surface area contributed by atoms with Crippen LogP contribution in [0.1, 0.15) is 32.8 Å². The summed E-state index contributed by atoms with van der Waals surface area (Å²) in [6, 6.07) is 8.96. The molecule has 0 amide bonds. The van der Waals surface area contributed by atoms with Gasteiger partial charge in [-0.2, -0.15) is 4.31 Å². The number of nitrogens with one attached hydrogen (secondary N) is 1. The summed E-state index contributed by atoms with van der Waals surface area (Å²) in [5.41, 5.74) is 0.379. The summed E-state index contributed by atoms with van der Waals surface area (Å²) < 4.78 is 32.6. The van der Waals surface area contributed by atoms with Crippen LogP contribution in [0.3, 0.4) is 0 Å². The quantitative estimate of drug-likeness (QED) is 0.812. The molecule has 2 unspecified atom stereocenters. The Hall–Kier alpha value is -1.44. The molecule has 1 aliphatic heterocycles. The maximum atomic E-state index is 13.2. The Morgan fingerprint density at radius 2 is 1.92 bits per heavy atom. The minimum absolute atomic E-state index is 0.233. The van der Waals surface area contributed by atoms with Crippen LogP contribution in [-0.2, 0) is 26.1 Å². The van der Waals surface area contributed by atoms with E-state index in [0.29, 0.717) is 6.54 Å². The van der Waals surface area contributed by atoms with Crippen LogP contribution in [0, 0.1) is 0 Å². The molecule has 1 saturated heterocycles. The van der Waals surface area contributed by atoms with Gasteiger partial charge >= 0.3 is 5.97 Å². The Labute approximate surface area is 144 Å². The van der Waals surface area contributed by atoms with Gasteiger partial charge in [-0.3, -0.25) is 4.79 Å². The molecule has 0 aromatic heterocycles. The third kappa shape index (κ3) is 4.15. The van der Waals surface area contributed by atoms with Crippen molar-refractivity contribution in [1.82, 2.24) is 9.62 Å². The summed E-state index contributed by atoms with van der Waals surface area (Å²) >= 11 is 0. The van der Waals surface area contributed by atoms with Crippen LogP contribution in [0.5, 0.6) is 0 Å². The fourth-order valence-electron chi connectivity index (χ4n) is 2.89. The first-order chi connectivity index (χ1) is 11.2. The summed E-state index contributed by atoms with van der Waals surface area (Å²) in [5.74, 6) is -0.418. The summed E-state index contributed by atoms with van der Waals surface area (Å²) in [6.07, 6.45) is 0.233. The molecule has 0 bridgehead atoms. The molecule has 1 aromatic carbocycles. The molecule has 1 heterocycles. The Bertz CT molecular complexity index is 668. The van der Waals surface area contributed by atoms with E-state index in [-0.39, 0.29) is 13.0 Å². The number of nitrogens with zero attached hydrogens (tertiary/aromatic N) is 1. The number of methoxy groups -OCH3 is 1. The van der Waals surface area contributed by atoms with Gasteiger partial charge in [-0.1, -0.05) is 30.3 Å². The van der Waals surface area contributed by atoms with Crippen LogP contribution in [0.4, 0.5) is 0 Å². The Morgan fingerprint density at radius 3 is 2.46 bits per heavy atom. The van der Waals surface area contributed by atoms with Crippen molar-refractivity contribution in [2.45, 2.75) is 50.6 Å². The third-order valence-corrected chi connectivity index (χ3v) is 6.71. The molecule has 134 valence electrons. The fourth-order valence-corrected chi connectivity index (χ4v) is 5.08. The van der Waals surface area contributed by atoms with Gasteiger partial charge in [0, 0.05) is 18.6 Å². The molecule has 1 aliphatic rings. The van der Waals surface area contributed by atoms with Gasteiger partial charge < -0.3 is 10.1 Å². The van der Waals surface area contributed by atoms with Gasteiger partial charge in [0.05, 0.1) is 12.4 Å². The van der Waals surface area contributed by atoms with Crippen molar-refractivity contribution >= 4 is 16.0 Å². The first kappa shape index (κ1) is 18.9. The summed E-state index contributed by atoms with van der Waals surface area (Å²) in [7, 11) is -2.26. The molecule has 0 aliphatic carbocycles. The Morgan fingerprint density at radius 1 is 1.29 bits per heavy atom. The largest absolute Gasteiger partial charge is 0.468 e. The number of hydrogen-bond acceptors (Lipinski definition) is 5. The zero-order valence-corrected chi connectivity index (χ0v) is 15.5. The van der Waals surface area contributed by atoms with E-state index in [0.717, 1.165) is 5.56 Å². The van der Waals surface area contributed by atoms with Crippen LogP contribution >= 0.6 is 0 Å². The first-order valence-electron chi connectivity index (χ1n) is 8.03. The van der Waals surface area contributed by atoms with E-state index in [4.69, 9.17) is 4.74 Å². The van der Waals surface area contributed by atoms with Crippen molar-refractivity contribution in [3.05, 3.63) is 35.9 Å². The lowest BCUT2D eigenvalue weighted by Gasteiger charge is -2.36. The molecule has 1 fully saturated rings. The van der Waals surface area contributed by atoms with Gasteiger partial charge in [0.25, 0.3) is 0 Å². The second kappa shape index (κ2) is 7.21. The number of rotatable bonds is 5. The van der Waals surface area contributed by atoms with Crippen LogP contribution in [0.15, 0.2) is 30.3 Å². The van der Waals surface area contributed by atoms with Crippen molar-refractivity contribution in [2.75, 3.05) is 13.7 Å². The van der Waals surface area contributed by atoms with Crippen LogP contribution < -0.4 is 5.32 Å². The topological polar surface area (TPSA) is 75.7 Å². The lowest BCUT2D eigenvalue weighted by Crippen LogP contribution is -2.49. The smallest absolute Gasteiger partial charge is 0.322 e. The van der Waals surface area contributed by atoms with Crippen molar-refractivity contribution in [3.8, 4) is 0 Å². The summed E-state index contributed by atoms with van der Waals surface area (Å²) in [6.45, 7) is 6.21. The third-order valence-electron chi connectivity index (χ3n) is 4.22. The van der Waals surface area contributed by atoms with Gasteiger partial charge in [-0.15, -0.1) is 0 Å². The zero-order chi connectivity index (χ0) is 18.0. The van der Waals surface area contributed by atoms with Crippen LogP contribution in [0.2, 0.25) is 0 Å². The second-order valence-electron chi connectivity index (χ2n) is 7.05. The van der Waals surface area contributed by atoms with Crippen LogP contribution in [0.25, 0.3) is 0 Å². The maximum Gasteiger partial charge on any atom is 0.322 e. The van der Waals surface area contributed by atoms with Gasteiger partial charge in [0.1, 0.15) is 6.04 Å². The highest BCUT2D eigenvalue weighted by molar-refractivity contribution is 7.89. The average Bonchev–Trinajstić information content (AvgIpc) is 3.02. The normalized spacial score (nSPS) is 21.9.